The maximum absolute atomic E-state index is 12.9. The monoisotopic (exact) mass is 489 g/mol. The predicted octanol–water partition coefficient (Wildman–Crippen LogP) is 4.78. The first-order chi connectivity index (χ1) is 16.7. The molecular formula is C26H31N5O3Si. The summed E-state index contributed by atoms with van der Waals surface area (Å²) in [5.74, 6) is -0.625. The maximum atomic E-state index is 12.9. The molecule has 3 aromatic rings. The van der Waals surface area contributed by atoms with Crippen molar-refractivity contribution in [2.24, 2.45) is 0 Å². The van der Waals surface area contributed by atoms with Crippen molar-refractivity contribution in [2.75, 3.05) is 18.5 Å². The van der Waals surface area contributed by atoms with Crippen LogP contribution in [0.2, 0.25) is 25.7 Å². The summed E-state index contributed by atoms with van der Waals surface area (Å²) in [7, 11) is -1.22. The van der Waals surface area contributed by atoms with Gasteiger partial charge in [-0.1, -0.05) is 44.4 Å². The van der Waals surface area contributed by atoms with Gasteiger partial charge in [0.15, 0.2) is 5.69 Å². The van der Waals surface area contributed by atoms with Gasteiger partial charge in [-0.25, -0.2) is 4.68 Å². The topological polar surface area (TPSA) is 109 Å². The molecule has 9 heteroatoms. The Labute approximate surface area is 206 Å². The fourth-order valence-electron chi connectivity index (χ4n) is 3.44. The lowest BCUT2D eigenvalue weighted by Crippen LogP contribution is -2.25. The summed E-state index contributed by atoms with van der Waals surface area (Å²) in [6.07, 6.45) is 1.44. The molecule has 0 aliphatic heterocycles. The molecular weight excluding hydrogens is 458 g/mol. The first-order valence-electron chi connectivity index (χ1n) is 11.5. The average molecular weight is 490 g/mol. The van der Waals surface area contributed by atoms with Crippen LogP contribution >= 0.6 is 0 Å². The van der Waals surface area contributed by atoms with Crippen LogP contribution in [0.3, 0.4) is 0 Å². The number of fused-ring (bicyclic) bond motifs is 1. The highest BCUT2D eigenvalue weighted by Gasteiger charge is 2.19. The summed E-state index contributed by atoms with van der Waals surface area (Å²) >= 11 is 0. The van der Waals surface area contributed by atoms with Gasteiger partial charge in [0.1, 0.15) is 6.73 Å². The van der Waals surface area contributed by atoms with E-state index >= 15 is 0 Å². The summed E-state index contributed by atoms with van der Waals surface area (Å²) in [6, 6.07) is 16.3. The molecule has 182 valence electrons. The van der Waals surface area contributed by atoms with Crippen LogP contribution in [-0.2, 0) is 16.3 Å². The largest absolute Gasteiger partial charge is 0.360 e. The van der Waals surface area contributed by atoms with E-state index in [1.54, 1.807) is 10.7 Å². The molecule has 3 rings (SSSR count). The predicted molar refractivity (Wildman–Crippen MR) is 141 cm³/mol. The molecule has 2 aromatic carbocycles. The molecule has 35 heavy (non-hydrogen) atoms. The van der Waals surface area contributed by atoms with E-state index in [1.165, 1.54) is 6.08 Å². The van der Waals surface area contributed by atoms with Crippen LogP contribution in [0.1, 0.15) is 16.9 Å². The molecule has 2 N–H and O–H groups in total. The van der Waals surface area contributed by atoms with E-state index in [0.29, 0.717) is 17.7 Å². The highest BCUT2D eigenvalue weighted by atomic mass is 28.3. The minimum Gasteiger partial charge on any atom is -0.360 e. The van der Waals surface area contributed by atoms with Crippen molar-refractivity contribution in [1.29, 1.82) is 5.26 Å². The Hall–Kier alpha value is -3.74. The van der Waals surface area contributed by atoms with E-state index in [-0.39, 0.29) is 37.2 Å². The van der Waals surface area contributed by atoms with Gasteiger partial charge in [0, 0.05) is 32.3 Å². The molecule has 0 aliphatic rings. The number of benzene rings is 2. The normalized spacial score (nSPS) is 11.1. The zero-order valence-electron chi connectivity index (χ0n) is 20.4. The van der Waals surface area contributed by atoms with Crippen molar-refractivity contribution in [3.63, 3.8) is 0 Å². The quantitative estimate of drug-likeness (QED) is 0.229. The van der Waals surface area contributed by atoms with Gasteiger partial charge in [0.2, 0.25) is 5.91 Å². The Morgan fingerprint density at radius 2 is 1.97 bits per heavy atom. The number of anilines is 1. The third kappa shape index (κ3) is 7.12. The Morgan fingerprint density at radius 1 is 1.20 bits per heavy atom. The molecule has 0 fully saturated rings. The number of aromatic nitrogens is 2. The van der Waals surface area contributed by atoms with E-state index in [2.05, 4.69) is 42.0 Å². The van der Waals surface area contributed by atoms with Gasteiger partial charge < -0.3 is 15.4 Å². The van der Waals surface area contributed by atoms with Crippen molar-refractivity contribution in [2.45, 2.75) is 38.8 Å². The molecule has 8 nitrogen and oxygen atoms in total. The third-order valence-corrected chi connectivity index (χ3v) is 7.05. The third-order valence-electron chi connectivity index (χ3n) is 5.35. The lowest BCUT2D eigenvalue weighted by atomic mass is 10.0. The molecule has 1 heterocycles. The van der Waals surface area contributed by atoms with E-state index < -0.39 is 8.07 Å². The fourth-order valence-corrected chi connectivity index (χ4v) is 4.20. The average Bonchev–Trinajstić information content (AvgIpc) is 3.19. The van der Waals surface area contributed by atoms with Gasteiger partial charge in [-0.15, -0.1) is 0 Å². The number of carbonyl (C=O) groups excluding carboxylic acids is 2. The van der Waals surface area contributed by atoms with Crippen LogP contribution in [0.5, 0.6) is 0 Å². The van der Waals surface area contributed by atoms with E-state index in [4.69, 9.17) is 10.00 Å². The van der Waals surface area contributed by atoms with Gasteiger partial charge in [0.05, 0.1) is 18.0 Å². The number of nitrogens with one attached hydrogen (secondary N) is 2. The Bertz CT molecular complexity index is 1270. The zero-order valence-corrected chi connectivity index (χ0v) is 21.4. The highest BCUT2D eigenvalue weighted by molar-refractivity contribution is 6.76. The SMILES string of the molecule is C=CC(=O)Nc1cccc(-c2ccc3c(c2)c(C(=O)NCCC#N)nn3COCC[Si](C)(C)C)c1. The summed E-state index contributed by atoms with van der Waals surface area (Å²) in [5, 5.41) is 19.5. The van der Waals surface area contributed by atoms with Crippen LogP contribution in [0.4, 0.5) is 5.69 Å². The van der Waals surface area contributed by atoms with Crippen molar-refractivity contribution >= 4 is 36.5 Å². The fraction of sp³-hybridized carbons (Fsp3) is 0.308. The molecule has 0 unspecified atom stereocenters. The number of hydrogen-bond acceptors (Lipinski definition) is 5. The standard InChI is InChI=1S/C26H31N5O3Si/c1-5-24(32)29-21-9-6-8-19(16-21)20-10-11-23-22(17-20)25(26(33)28-13-7-12-27)30-31(23)18-34-14-15-35(2,3)4/h5-6,8-11,16-17H,1,7,13-15,18H2,2-4H3,(H,28,33)(H,29,32). The van der Waals surface area contributed by atoms with Gasteiger partial charge in [-0.2, -0.15) is 10.4 Å². The Balaban J connectivity index is 1.94. The van der Waals surface area contributed by atoms with Crippen LogP contribution in [0, 0.1) is 11.3 Å². The molecule has 0 atom stereocenters. The first-order valence-corrected chi connectivity index (χ1v) is 15.2. The number of amides is 2. The lowest BCUT2D eigenvalue weighted by molar-refractivity contribution is -0.111. The molecule has 0 saturated carbocycles. The van der Waals surface area contributed by atoms with Crippen molar-refractivity contribution in [3.8, 4) is 17.2 Å². The maximum Gasteiger partial charge on any atom is 0.272 e. The Morgan fingerprint density at radius 3 is 2.69 bits per heavy atom. The van der Waals surface area contributed by atoms with Crippen molar-refractivity contribution in [3.05, 3.63) is 60.8 Å². The Kier molecular flexibility index (Phi) is 8.57. The van der Waals surface area contributed by atoms with Crippen LogP contribution in [-0.4, -0.2) is 42.8 Å². The van der Waals surface area contributed by atoms with Gasteiger partial charge in [0.25, 0.3) is 5.91 Å². The van der Waals surface area contributed by atoms with Gasteiger partial charge in [-0.3, -0.25) is 9.59 Å². The number of carbonyl (C=O) groups is 2. The van der Waals surface area contributed by atoms with Crippen molar-refractivity contribution < 1.29 is 14.3 Å². The van der Waals surface area contributed by atoms with Gasteiger partial charge >= 0.3 is 0 Å². The summed E-state index contributed by atoms with van der Waals surface area (Å²) < 4.78 is 7.58. The number of rotatable bonds is 11. The molecule has 0 aliphatic carbocycles. The molecule has 2 amide bonds. The second kappa shape index (κ2) is 11.6. The first kappa shape index (κ1) is 25.9. The number of hydrogen-bond donors (Lipinski definition) is 2. The summed E-state index contributed by atoms with van der Waals surface area (Å²) in [6.45, 7) is 11.5. The smallest absolute Gasteiger partial charge is 0.272 e. The summed E-state index contributed by atoms with van der Waals surface area (Å²) in [5.41, 5.74) is 3.46. The van der Waals surface area contributed by atoms with Crippen LogP contribution in [0.25, 0.3) is 22.0 Å². The second-order valence-corrected chi connectivity index (χ2v) is 15.0. The lowest BCUT2D eigenvalue weighted by Gasteiger charge is -2.15. The summed E-state index contributed by atoms with van der Waals surface area (Å²) in [4.78, 5) is 24.6. The molecule has 0 spiro atoms. The molecule has 1 aromatic heterocycles. The number of nitrogens with zero attached hydrogens (tertiary/aromatic N) is 3. The van der Waals surface area contributed by atoms with Crippen LogP contribution in [0.15, 0.2) is 55.1 Å². The zero-order chi connectivity index (χ0) is 25.4. The minimum atomic E-state index is -1.22. The van der Waals surface area contributed by atoms with E-state index in [9.17, 15) is 9.59 Å². The van der Waals surface area contributed by atoms with E-state index in [0.717, 1.165) is 22.7 Å². The van der Waals surface area contributed by atoms with E-state index in [1.807, 2.05) is 42.5 Å². The molecule has 0 bridgehead atoms. The number of ether oxygens (including phenoxy) is 1. The minimum absolute atomic E-state index is 0.221. The second-order valence-electron chi connectivity index (χ2n) is 9.37. The molecule has 0 saturated heterocycles. The van der Waals surface area contributed by atoms with Gasteiger partial charge in [-0.05, 0) is 47.5 Å². The highest BCUT2D eigenvalue weighted by Crippen LogP contribution is 2.28. The molecule has 0 radical (unpaired) electrons. The number of nitriles is 1. The van der Waals surface area contributed by atoms with Crippen molar-refractivity contribution in [1.82, 2.24) is 15.1 Å². The van der Waals surface area contributed by atoms with Crippen LogP contribution < -0.4 is 10.6 Å².